The topological polar surface area (TPSA) is 72.2 Å². The Labute approximate surface area is 161 Å². The zero-order chi connectivity index (χ0) is 19.1. The van der Waals surface area contributed by atoms with Crippen molar-refractivity contribution in [1.29, 1.82) is 0 Å². The first kappa shape index (κ1) is 19.3. The molecule has 0 spiro atoms. The van der Waals surface area contributed by atoms with Crippen molar-refractivity contribution in [2.24, 2.45) is 5.73 Å². The second-order valence-corrected chi connectivity index (χ2v) is 8.37. The Kier molecular flexibility index (Phi) is 6.40. The Morgan fingerprint density at radius 2 is 1.22 bits per heavy atom. The van der Waals surface area contributed by atoms with Crippen LogP contribution in [0.15, 0.2) is 91.0 Å². The van der Waals surface area contributed by atoms with Crippen LogP contribution in [-0.4, -0.2) is 14.2 Å². The van der Waals surface area contributed by atoms with Crippen molar-refractivity contribution < 1.29 is 8.42 Å². The van der Waals surface area contributed by atoms with Crippen LogP contribution in [0.3, 0.4) is 0 Å². The van der Waals surface area contributed by atoms with E-state index in [9.17, 15) is 8.42 Å². The molecule has 3 aromatic rings. The number of hydrogen-bond acceptors (Lipinski definition) is 3. The lowest BCUT2D eigenvalue weighted by atomic mass is 9.95. The van der Waals surface area contributed by atoms with E-state index in [0.29, 0.717) is 6.42 Å². The molecule has 3 N–H and O–H groups in total. The Morgan fingerprint density at radius 1 is 0.741 bits per heavy atom. The van der Waals surface area contributed by atoms with Crippen molar-refractivity contribution in [2.75, 3.05) is 5.75 Å². The summed E-state index contributed by atoms with van der Waals surface area (Å²) in [5.41, 5.74) is 9.18. The van der Waals surface area contributed by atoms with Crippen LogP contribution in [0.5, 0.6) is 0 Å². The lowest BCUT2D eigenvalue weighted by Gasteiger charge is -2.26. The van der Waals surface area contributed by atoms with E-state index in [1.165, 1.54) is 0 Å². The number of nitrogens with two attached hydrogens (primary N) is 1. The molecule has 2 atom stereocenters. The molecule has 0 bridgehead atoms. The van der Waals surface area contributed by atoms with E-state index < -0.39 is 22.1 Å². The molecule has 0 heterocycles. The predicted octanol–water partition coefficient (Wildman–Crippen LogP) is 3.59. The van der Waals surface area contributed by atoms with Gasteiger partial charge in [-0.25, -0.2) is 13.1 Å². The van der Waals surface area contributed by atoms with E-state index in [1.807, 2.05) is 91.0 Å². The molecule has 27 heavy (non-hydrogen) atoms. The number of hydrogen-bond donors (Lipinski definition) is 2. The van der Waals surface area contributed by atoms with Gasteiger partial charge in [0, 0.05) is 0 Å². The fraction of sp³-hybridized carbons (Fsp3) is 0.182. The molecule has 0 aliphatic heterocycles. The summed E-state index contributed by atoms with van der Waals surface area (Å²) in [6.07, 6.45) is 0.457. The van der Waals surface area contributed by atoms with Crippen LogP contribution >= 0.6 is 0 Å². The smallest absolute Gasteiger partial charge is 0.212 e. The lowest BCUT2D eigenvalue weighted by molar-refractivity contribution is 0.504. The zero-order valence-corrected chi connectivity index (χ0v) is 15.8. The molecule has 2 unspecified atom stereocenters. The molecule has 4 nitrogen and oxygen atoms in total. The van der Waals surface area contributed by atoms with Crippen LogP contribution in [0.4, 0.5) is 0 Å². The van der Waals surface area contributed by atoms with Gasteiger partial charge in [-0.1, -0.05) is 91.0 Å². The maximum absolute atomic E-state index is 12.8. The fourth-order valence-electron chi connectivity index (χ4n) is 3.03. The SMILES string of the molecule is NC(c1ccccc1)C(NS(=O)(=O)CCc1ccccc1)c1ccccc1. The average molecular weight is 381 g/mol. The molecule has 0 aromatic heterocycles. The Bertz CT molecular complexity index is 930. The van der Waals surface area contributed by atoms with E-state index in [1.54, 1.807) is 0 Å². The molecule has 0 saturated carbocycles. The number of aryl methyl sites for hydroxylation is 1. The normalized spacial score (nSPS) is 13.8. The van der Waals surface area contributed by atoms with Crippen LogP contribution in [0.25, 0.3) is 0 Å². The molecule has 0 fully saturated rings. The summed E-state index contributed by atoms with van der Waals surface area (Å²) in [6, 6.07) is 27.6. The number of rotatable bonds is 8. The second kappa shape index (κ2) is 8.95. The maximum Gasteiger partial charge on any atom is 0.212 e. The fourth-order valence-corrected chi connectivity index (χ4v) is 4.32. The van der Waals surface area contributed by atoms with Gasteiger partial charge < -0.3 is 5.73 Å². The summed E-state index contributed by atoms with van der Waals surface area (Å²) in [5.74, 6) is 0.0157. The highest BCUT2D eigenvalue weighted by molar-refractivity contribution is 7.89. The quantitative estimate of drug-likeness (QED) is 0.627. The van der Waals surface area contributed by atoms with Gasteiger partial charge in [0.25, 0.3) is 0 Å². The first-order chi connectivity index (χ1) is 13.1. The van der Waals surface area contributed by atoms with Crippen molar-refractivity contribution in [3.8, 4) is 0 Å². The molecular weight excluding hydrogens is 356 g/mol. The summed E-state index contributed by atoms with van der Waals surface area (Å²) in [6.45, 7) is 0. The van der Waals surface area contributed by atoms with Crippen LogP contribution in [-0.2, 0) is 16.4 Å². The summed E-state index contributed by atoms with van der Waals surface area (Å²) in [5, 5.41) is 0. The van der Waals surface area contributed by atoms with E-state index in [4.69, 9.17) is 5.73 Å². The van der Waals surface area contributed by atoms with Crippen LogP contribution in [0.2, 0.25) is 0 Å². The minimum absolute atomic E-state index is 0.0157. The minimum atomic E-state index is -3.51. The van der Waals surface area contributed by atoms with Crippen molar-refractivity contribution in [3.63, 3.8) is 0 Å². The van der Waals surface area contributed by atoms with Crippen molar-refractivity contribution in [3.05, 3.63) is 108 Å². The minimum Gasteiger partial charge on any atom is -0.322 e. The third-order valence-electron chi connectivity index (χ3n) is 4.51. The van der Waals surface area contributed by atoms with Gasteiger partial charge in [-0.15, -0.1) is 0 Å². The largest absolute Gasteiger partial charge is 0.322 e. The molecule has 3 rings (SSSR count). The van der Waals surface area contributed by atoms with Gasteiger partial charge in [0.1, 0.15) is 0 Å². The first-order valence-electron chi connectivity index (χ1n) is 8.94. The Balaban J connectivity index is 1.80. The van der Waals surface area contributed by atoms with Gasteiger partial charge in [-0.05, 0) is 23.1 Å². The molecular formula is C22H24N2O2S. The summed E-state index contributed by atoms with van der Waals surface area (Å²) < 4.78 is 28.3. The van der Waals surface area contributed by atoms with Gasteiger partial charge >= 0.3 is 0 Å². The first-order valence-corrected chi connectivity index (χ1v) is 10.6. The summed E-state index contributed by atoms with van der Waals surface area (Å²) in [7, 11) is -3.51. The van der Waals surface area contributed by atoms with Crippen LogP contribution in [0, 0.1) is 0 Å². The monoisotopic (exact) mass is 380 g/mol. The van der Waals surface area contributed by atoms with Gasteiger partial charge in [0.2, 0.25) is 10.0 Å². The van der Waals surface area contributed by atoms with Crippen molar-refractivity contribution in [1.82, 2.24) is 4.72 Å². The highest BCUT2D eigenvalue weighted by Crippen LogP contribution is 2.27. The van der Waals surface area contributed by atoms with E-state index in [-0.39, 0.29) is 5.75 Å². The molecule has 0 radical (unpaired) electrons. The lowest BCUT2D eigenvalue weighted by Crippen LogP contribution is -2.37. The molecule has 3 aromatic carbocycles. The molecule has 0 aliphatic rings. The summed E-state index contributed by atoms with van der Waals surface area (Å²) >= 11 is 0. The Morgan fingerprint density at radius 3 is 1.78 bits per heavy atom. The standard InChI is InChI=1S/C22H24N2O2S/c23-21(19-12-6-2-7-13-19)22(20-14-8-3-9-15-20)24-27(25,26)17-16-18-10-4-1-5-11-18/h1-15,21-22,24H,16-17,23H2. The maximum atomic E-state index is 12.8. The highest BCUT2D eigenvalue weighted by Gasteiger charge is 2.26. The van der Waals surface area contributed by atoms with Gasteiger partial charge in [0.05, 0.1) is 17.8 Å². The van der Waals surface area contributed by atoms with Crippen molar-refractivity contribution >= 4 is 10.0 Å². The molecule has 140 valence electrons. The number of nitrogens with one attached hydrogen (secondary N) is 1. The third-order valence-corrected chi connectivity index (χ3v) is 5.87. The zero-order valence-electron chi connectivity index (χ0n) is 15.0. The Hall–Kier alpha value is -2.47. The highest BCUT2D eigenvalue weighted by atomic mass is 32.2. The van der Waals surface area contributed by atoms with Crippen molar-refractivity contribution in [2.45, 2.75) is 18.5 Å². The van der Waals surface area contributed by atoms with Gasteiger partial charge in [-0.2, -0.15) is 0 Å². The molecule has 0 aliphatic carbocycles. The van der Waals surface area contributed by atoms with Crippen LogP contribution < -0.4 is 10.5 Å². The number of benzene rings is 3. The molecule has 0 amide bonds. The predicted molar refractivity (Wildman–Crippen MR) is 110 cm³/mol. The number of sulfonamides is 1. The summed E-state index contributed by atoms with van der Waals surface area (Å²) in [4.78, 5) is 0. The van der Waals surface area contributed by atoms with Crippen LogP contribution in [0.1, 0.15) is 28.8 Å². The average Bonchev–Trinajstić information content (AvgIpc) is 2.72. The van der Waals surface area contributed by atoms with E-state index >= 15 is 0 Å². The molecule has 5 heteroatoms. The van der Waals surface area contributed by atoms with Gasteiger partial charge in [-0.3, -0.25) is 0 Å². The van der Waals surface area contributed by atoms with Gasteiger partial charge in [0.15, 0.2) is 0 Å². The van der Waals surface area contributed by atoms with E-state index in [2.05, 4.69) is 4.72 Å². The third kappa shape index (κ3) is 5.50. The second-order valence-electron chi connectivity index (χ2n) is 6.50. The molecule has 0 saturated heterocycles. The van der Waals surface area contributed by atoms with E-state index in [0.717, 1.165) is 16.7 Å².